The fourth-order valence-electron chi connectivity index (χ4n) is 1.99. The predicted molar refractivity (Wildman–Crippen MR) is 92.7 cm³/mol. The van der Waals surface area contributed by atoms with Crippen molar-refractivity contribution >= 4 is 23.2 Å². The first-order valence-corrected chi connectivity index (χ1v) is 8.49. The number of ether oxygens (including phenoxy) is 1. The zero-order valence-electron chi connectivity index (χ0n) is 14.0. The molecule has 3 N–H and O–H groups in total. The van der Waals surface area contributed by atoms with Crippen LogP contribution in [0.15, 0.2) is 18.3 Å². The first-order chi connectivity index (χ1) is 10.9. The summed E-state index contributed by atoms with van der Waals surface area (Å²) in [7, 11) is 0. The van der Waals surface area contributed by atoms with Crippen LogP contribution in [0.3, 0.4) is 0 Å². The molecule has 0 spiro atoms. The van der Waals surface area contributed by atoms with Crippen molar-refractivity contribution in [3.63, 3.8) is 0 Å². The van der Waals surface area contributed by atoms with Crippen LogP contribution in [0.5, 0.6) is 0 Å². The Balaban J connectivity index is 1.84. The molecule has 2 heterocycles. The van der Waals surface area contributed by atoms with Crippen molar-refractivity contribution in [3.8, 4) is 0 Å². The average molecular weight is 336 g/mol. The highest BCUT2D eigenvalue weighted by Crippen LogP contribution is 2.17. The molecule has 0 radical (unpaired) electrons. The lowest BCUT2D eigenvalue weighted by Gasteiger charge is -2.19. The van der Waals surface area contributed by atoms with Gasteiger partial charge in [-0.2, -0.15) is 5.10 Å². The van der Waals surface area contributed by atoms with Crippen LogP contribution in [-0.2, 0) is 24.2 Å². The third-order valence-electron chi connectivity index (χ3n) is 3.02. The Labute approximate surface area is 140 Å². The van der Waals surface area contributed by atoms with Crippen LogP contribution in [0.2, 0.25) is 0 Å². The van der Waals surface area contributed by atoms with Gasteiger partial charge in [0.1, 0.15) is 11.4 Å². The number of hydrogen-bond acceptors (Lipinski definition) is 5. The molecular formula is C16H24N4O2S. The van der Waals surface area contributed by atoms with Crippen LogP contribution in [0.25, 0.3) is 0 Å². The summed E-state index contributed by atoms with van der Waals surface area (Å²) >= 11 is 1.82. The molecule has 2 aromatic rings. The van der Waals surface area contributed by atoms with E-state index in [0.717, 1.165) is 18.5 Å². The molecule has 0 aliphatic heterocycles. The van der Waals surface area contributed by atoms with Crippen molar-refractivity contribution in [3.05, 3.63) is 33.6 Å². The monoisotopic (exact) mass is 336 g/mol. The van der Waals surface area contributed by atoms with Crippen molar-refractivity contribution in [2.24, 2.45) is 0 Å². The Bertz CT molecular complexity index is 643. The number of carbonyl (C=O) groups excluding carboxylic acids is 1. The number of anilines is 1. The molecule has 0 fully saturated rings. The van der Waals surface area contributed by atoms with Gasteiger partial charge in [-0.05, 0) is 39.3 Å². The molecule has 0 aliphatic carbocycles. The number of hydrogen-bond donors (Lipinski definition) is 3. The summed E-state index contributed by atoms with van der Waals surface area (Å²) in [5, 5.41) is 12.8. The fourth-order valence-corrected chi connectivity index (χ4v) is 2.91. The van der Waals surface area contributed by atoms with Crippen molar-refractivity contribution in [2.45, 2.75) is 52.8 Å². The SMILES string of the molecule is CCc1ccc(CNCc2cn[nH]c2NC(=O)OC(C)(C)C)s1. The van der Waals surface area contributed by atoms with Crippen LogP contribution in [0.1, 0.15) is 43.0 Å². The maximum absolute atomic E-state index is 11.8. The highest BCUT2D eigenvalue weighted by atomic mass is 32.1. The molecule has 23 heavy (non-hydrogen) atoms. The van der Waals surface area contributed by atoms with E-state index in [0.29, 0.717) is 12.4 Å². The van der Waals surface area contributed by atoms with Crippen molar-refractivity contribution in [1.29, 1.82) is 0 Å². The summed E-state index contributed by atoms with van der Waals surface area (Å²) in [6, 6.07) is 4.31. The molecule has 0 saturated carbocycles. The van der Waals surface area contributed by atoms with E-state index in [-0.39, 0.29) is 0 Å². The van der Waals surface area contributed by atoms with E-state index in [1.807, 2.05) is 32.1 Å². The summed E-state index contributed by atoms with van der Waals surface area (Å²) in [5.41, 5.74) is 0.363. The fraction of sp³-hybridized carbons (Fsp3) is 0.500. The molecule has 7 heteroatoms. The van der Waals surface area contributed by atoms with Crippen molar-refractivity contribution in [2.75, 3.05) is 5.32 Å². The zero-order valence-corrected chi connectivity index (χ0v) is 14.8. The van der Waals surface area contributed by atoms with Crippen molar-refractivity contribution in [1.82, 2.24) is 15.5 Å². The standard InChI is InChI=1S/C16H24N4O2S/c1-5-12-6-7-13(23-12)10-17-8-11-9-18-20-14(11)19-15(21)22-16(2,3)4/h6-7,9,17H,5,8,10H2,1-4H3,(H2,18,19,20,21). The van der Waals surface area contributed by atoms with Gasteiger partial charge in [0.15, 0.2) is 0 Å². The zero-order chi connectivity index (χ0) is 16.9. The highest BCUT2D eigenvalue weighted by Gasteiger charge is 2.17. The highest BCUT2D eigenvalue weighted by molar-refractivity contribution is 7.11. The number of amides is 1. The number of aryl methyl sites for hydroxylation is 1. The van der Waals surface area contributed by atoms with Gasteiger partial charge < -0.3 is 10.1 Å². The maximum Gasteiger partial charge on any atom is 0.413 e. The first kappa shape index (κ1) is 17.5. The lowest BCUT2D eigenvalue weighted by molar-refractivity contribution is 0.0635. The summed E-state index contributed by atoms with van der Waals surface area (Å²) < 4.78 is 5.24. The predicted octanol–water partition coefficient (Wildman–Crippen LogP) is 3.67. The molecule has 0 unspecified atom stereocenters. The number of aromatic amines is 1. The van der Waals surface area contributed by atoms with Gasteiger partial charge in [0.25, 0.3) is 0 Å². The van der Waals surface area contributed by atoms with Gasteiger partial charge in [0, 0.05) is 28.4 Å². The Morgan fingerprint density at radius 1 is 1.30 bits per heavy atom. The van der Waals surface area contributed by atoms with Crippen LogP contribution in [-0.4, -0.2) is 21.9 Å². The normalized spacial score (nSPS) is 11.5. The molecule has 0 bridgehead atoms. The number of rotatable bonds is 6. The van der Waals surface area contributed by atoms with Crippen LogP contribution >= 0.6 is 11.3 Å². The number of carbonyl (C=O) groups is 1. The van der Waals surface area contributed by atoms with Gasteiger partial charge >= 0.3 is 6.09 Å². The quantitative estimate of drug-likeness (QED) is 0.752. The van der Waals surface area contributed by atoms with Gasteiger partial charge in [-0.25, -0.2) is 4.79 Å². The lowest BCUT2D eigenvalue weighted by atomic mass is 10.2. The molecular weight excluding hydrogens is 312 g/mol. The molecule has 1 amide bonds. The molecule has 0 saturated heterocycles. The van der Waals surface area contributed by atoms with E-state index >= 15 is 0 Å². The lowest BCUT2D eigenvalue weighted by Crippen LogP contribution is -2.27. The molecule has 0 aliphatic rings. The van der Waals surface area contributed by atoms with Gasteiger partial charge in [-0.15, -0.1) is 11.3 Å². The molecule has 0 aromatic carbocycles. The Hall–Kier alpha value is -1.86. The first-order valence-electron chi connectivity index (χ1n) is 7.68. The Morgan fingerprint density at radius 2 is 2.04 bits per heavy atom. The van der Waals surface area contributed by atoms with Crippen LogP contribution in [0, 0.1) is 0 Å². The largest absolute Gasteiger partial charge is 0.444 e. The minimum atomic E-state index is -0.529. The molecule has 6 nitrogen and oxygen atoms in total. The summed E-state index contributed by atoms with van der Waals surface area (Å²) in [6.07, 6.45) is 2.27. The Morgan fingerprint density at radius 3 is 2.70 bits per heavy atom. The summed E-state index contributed by atoms with van der Waals surface area (Å²) in [5.74, 6) is 0.562. The second-order valence-electron chi connectivity index (χ2n) is 6.22. The van der Waals surface area contributed by atoms with Gasteiger partial charge in [0.2, 0.25) is 0 Å². The van der Waals surface area contributed by atoms with Gasteiger partial charge in [-0.3, -0.25) is 10.4 Å². The third-order valence-corrected chi connectivity index (χ3v) is 4.25. The van der Waals surface area contributed by atoms with Gasteiger partial charge in [0.05, 0.1) is 6.20 Å². The third kappa shape index (κ3) is 5.69. The topological polar surface area (TPSA) is 79.0 Å². The van der Waals surface area contributed by atoms with Crippen LogP contribution in [0.4, 0.5) is 10.6 Å². The minimum Gasteiger partial charge on any atom is -0.444 e. The summed E-state index contributed by atoms with van der Waals surface area (Å²) in [6.45, 7) is 9.04. The number of nitrogens with zero attached hydrogens (tertiary/aromatic N) is 1. The Kier molecular flexibility index (Phi) is 5.79. The van der Waals surface area contributed by atoms with E-state index in [9.17, 15) is 4.79 Å². The van der Waals surface area contributed by atoms with E-state index in [4.69, 9.17) is 4.74 Å². The number of thiophene rings is 1. The second kappa shape index (κ2) is 7.61. The molecule has 2 aromatic heterocycles. The number of nitrogens with one attached hydrogen (secondary N) is 3. The van der Waals surface area contributed by atoms with E-state index in [1.165, 1.54) is 9.75 Å². The minimum absolute atomic E-state index is 0.492. The van der Waals surface area contributed by atoms with Gasteiger partial charge in [-0.1, -0.05) is 6.92 Å². The van der Waals surface area contributed by atoms with Crippen molar-refractivity contribution < 1.29 is 9.53 Å². The van der Waals surface area contributed by atoms with E-state index in [1.54, 1.807) is 6.20 Å². The second-order valence-corrected chi connectivity index (χ2v) is 7.48. The number of H-pyrrole nitrogens is 1. The maximum atomic E-state index is 11.8. The number of aromatic nitrogens is 2. The van der Waals surface area contributed by atoms with E-state index in [2.05, 4.69) is 39.9 Å². The van der Waals surface area contributed by atoms with E-state index < -0.39 is 11.7 Å². The molecule has 126 valence electrons. The molecule has 2 rings (SSSR count). The average Bonchev–Trinajstić information content (AvgIpc) is 3.06. The van der Waals surface area contributed by atoms with Crippen LogP contribution < -0.4 is 10.6 Å². The molecule has 0 atom stereocenters. The smallest absolute Gasteiger partial charge is 0.413 e. The summed E-state index contributed by atoms with van der Waals surface area (Å²) in [4.78, 5) is 14.5.